The number of carbonyl (C=O) groups is 1. The van der Waals surface area contributed by atoms with Crippen molar-refractivity contribution in [3.63, 3.8) is 0 Å². The fourth-order valence-electron chi connectivity index (χ4n) is 3.69. The molecule has 3 aromatic carbocycles. The number of benzene rings is 3. The van der Waals surface area contributed by atoms with Gasteiger partial charge in [-0.2, -0.15) is 0 Å². The molecule has 0 radical (unpaired) electrons. The van der Waals surface area contributed by atoms with E-state index in [-0.39, 0.29) is 12.5 Å². The Morgan fingerprint density at radius 1 is 1.11 bits per heavy atom. The molecule has 4 nitrogen and oxygen atoms in total. The number of carbonyl (C=O) groups excluding carboxylic acids is 1. The highest BCUT2D eigenvalue weighted by molar-refractivity contribution is 6.36. The van der Waals surface area contributed by atoms with Crippen molar-refractivity contribution in [1.82, 2.24) is 0 Å². The summed E-state index contributed by atoms with van der Waals surface area (Å²) in [7, 11) is 0. The second kappa shape index (κ2) is 7.46. The Morgan fingerprint density at radius 2 is 1.79 bits per heavy atom. The molecule has 4 rings (SSSR count). The van der Waals surface area contributed by atoms with Crippen LogP contribution in [0.15, 0.2) is 54.6 Å². The molecule has 0 saturated heterocycles. The Bertz CT molecular complexity index is 1080. The number of hydrogen-bond donors (Lipinski definition) is 1. The first kappa shape index (κ1) is 18.8. The highest BCUT2D eigenvalue weighted by Crippen LogP contribution is 2.47. The molecule has 0 spiro atoms. The van der Waals surface area contributed by atoms with Crippen molar-refractivity contribution in [3.05, 3.63) is 75.8 Å². The highest BCUT2D eigenvalue weighted by Gasteiger charge is 2.43. The van der Waals surface area contributed by atoms with Crippen molar-refractivity contribution in [1.29, 1.82) is 5.41 Å². The van der Waals surface area contributed by atoms with E-state index in [1.165, 1.54) is 0 Å². The summed E-state index contributed by atoms with van der Waals surface area (Å²) in [5.41, 5.74) is 1.59. The van der Waals surface area contributed by atoms with E-state index >= 15 is 0 Å². The van der Waals surface area contributed by atoms with Gasteiger partial charge in [-0.1, -0.05) is 59.6 Å². The Morgan fingerprint density at radius 3 is 2.46 bits per heavy atom. The number of halogens is 2. The fraction of sp³-hybridized carbons (Fsp3) is 0.182. The maximum atomic E-state index is 12.7. The van der Waals surface area contributed by atoms with Crippen LogP contribution in [0.25, 0.3) is 10.8 Å². The van der Waals surface area contributed by atoms with Crippen LogP contribution in [0, 0.1) is 11.3 Å². The molecular formula is C22H17Cl2NO3. The average Bonchev–Trinajstić information content (AvgIpc) is 2.69. The summed E-state index contributed by atoms with van der Waals surface area (Å²) in [5, 5.41) is 11.2. The molecule has 2 unspecified atom stereocenters. The second-order valence-electron chi connectivity index (χ2n) is 6.55. The summed E-state index contributed by atoms with van der Waals surface area (Å²) in [6.45, 7) is 1.96. The highest BCUT2D eigenvalue weighted by atomic mass is 35.5. The molecule has 1 aliphatic rings. The number of ether oxygens (including phenoxy) is 2. The van der Waals surface area contributed by atoms with Gasteiger partial charge in [0.15, 0.2) is 0 Å². The fourth-order valence-corrected chi connectivity index (χ4v) is 4.10. The molecule has 0 fully saturated rings. The molecular weight excluding hydrogens is 397 g/mol. The molecule has 0 aromatic heterocycles. The van der Waals surface area contributed by atoms with E-state index in [1.807, 2.05) is 42.5 Å². The lowest BCUT2D eigenvalue weighted by atomic mass is 9.77. The molecule has 142 valence electrons. The van der Waals surface area contributed by atoms with E-state index in [0.717, 1.165) is 21.9 Å². The number of hydrogen-bond acceptors (Lipinski definition) is 4. The topological polar surface area (TPSA) is 59.4 Å². The first-order chi connectivity index (χ1) is 13.5. The minimum atomic E-state index is -0.897. The van der Waals surface area contributed by atoms with E-state index < -0.39 is 17.8 Å². The number of nitrogens with one attached hydrogen (secondary N) is 1. The first-order valence-electron chi connectivity index (χ1n) is 8.90. The zero-order valence-electron chi connectivity index (χ0n) is 15.0. The van der Waals surface area contributed by atoms with Crippen molar-refractivity contribution in [2.24, 2.45) is 5.92 Å². The van der Waals surface area contributed by atoms with Crippen LogP contribution >= 0.6 is 23.2 Å². The lowest BCUT2D eigenvalue weighted by Crippen LogP contribution is -2.38. The van der Waals surface area contributed by atoms with Crippen LogP contribution in [0.2, 0.25) is 10.0 Å². The molecule has 0 aliphatic carbocycles. The van der Waals surface area contributed by atoms with Crippen LogP contribution in [0.1, 0.15) is 24.0 Å². The number of fused-ring (bicyclic) bond motifs is 3. The Kier molecular flexibility index (Phi) is 5.00. The van der Waals surface area contributed by atoms with Gasteiger partial charge in [0.05, 0.1) is 6.61 Å². The third-order valence-electron chi connectivity index (χ3n) is 4.91. The standard InChI is InChI=1S/C22H17Cl2NO3/c1-2-27-22(26)19-18(12-7-9-13(23)10-8-12)16-11-17(24)14-5-3-4-6-15(14)20(16)28-21(19)25/h3-11,18-19,25H,2H2,1H3. The van der Waals surface area contributed by atoms with Gasteiger partial charge in [-0.3, -0.25) is 10.2 Å². The van der Waals surface area contributed by atoms with Crippen molar-refractivity contribution in [2.75, 3.05) is 6.61 Å². The van der Waals surface area contributed by atoms with Gasteiger partial charge in [-0.25, -0.2) is 0 Å². The Balaban J connectivity index is 1.98. The lowest BCUT2D eigenvalue weighted by molar-refractivity contribution is -0.146. The predicted molar refractivity (Wildman–Crippen MR) is 111 cm³/mol. The summed E-state index contributed by atoms with van der Waals surface area (Å²) >= 11 is 12.6. The number of rotatable bonds is 3. The molecule has 1 N–H and O–H groups in total. The van der Waals surface area contributed by atoms with E-state index in [1.54, 1.807) is 19.1 Å². The Hall–Kier alpha value is -2.56. The molecule has 1 aliphatic heterocycles. The van der Waals surface area contributed by atoms with E-state index in [2.05, 4.69) is 0 Å². The maximum Gasteiger partial charge on any atom is 0.319 e. The van der Waals surface area contributed by atoms with Crippen molar-refractivity contribution < 1.29 is 14.3 Å². The van der Waals surface area contributed by atoms with Crippen LogP contribution in [0.4, 0.5) is 0 Å². The predicted octanol–water partition coefficient (Wildman–Crippen LogP) is 5.83. The van der Waals surface area contributed by atoms with E-state index in [9.17, 15) is 4.79 Å². The summed E-state index contributed by atoms with van der Waals surface area (Å²) in [6.07, 6.45) is 0. The molecule has 0 bridgehead atoms. The number of esters is 1. The largest absolute Gasteiger partial charge is 0.465 e. The van der Waals surface area contributed by atoms with E-state index in [0.29, 0.717) is 15.8 Å². The quantitative estimate of drug-likeness (QED) is 0.549. The molecule has 0 saturated carbocycles. The third kappa shape index (κ3) is 3.13. The normalized spacial score (nSPS) is 18.5. The average molecular weight is 414 g/mol. The van der Waals surface area contributed by atoms with Gasteiger partial charge in [0.2, 0.25) is 5.90 Å². The second-order valence-corrected chi connectivity index (χ2v) is 7.39. The smallest absolute Gasteiger partial charge is 0.319 e. The van der Waals surface area contributed by atoms with Crippen LogP contribution < -0.4 is 4.74 Å². The zero-order valence-corrected chi connectivity index (χ0v) is 16.6. The van der Waals surface area contributed by atoms with Gasteiger partial charge in [-0.15, -0.1) is 0 Å². The van der Waals surface area contributed by atoms with Crippen molar-refractivity contribution >= 4 is 45.8 Å². The first-order valence-corrected chi connectivity index (χ1v) is 9.66. The zero-order chi connectivity index (χ0) is 19.8. The van der Waals surface area contributed by atoms with Crippen LogP contribution in [0.3, 0.4) is 0 Å². The lowest BCUT2D eigenvalue weighted by Gasteiger charge is -2.33. The van der Waals surface area contributed by atoms with E-state index in [4.69, 9.17) is 38.1 Å². The summed E-state index contributed by atoms with van der Waals surface area (Å²) in [5.74, 6) is -1.45. The molecule has 28 heavy (non-hydrogen) atoms. The van der Waals surface area contributed by atoms with Crippen LogP contribution in [-0.4, -0.2) is 18.5 Å². The minimum Gasteiger partial charge on any atom is -0.465 e. The van der Waals surface area contributed by atoms with Crippen LogP contribution in [-0.2, 0) is 9.53 Å². The maximum absolute atomic E-state index is 12.7. The SMILES string of the molecule is CCOC(=O)C1C(=N)Oc2c(cc(Cl)c3ccccc23)C1c1ccc(Cl)cc1. The van der Waals surface area contributed by atoms with Crippen LogP contribution in [0.5, 0.6) is 5.75 Å². The van der Waals surface area contributed by atoms with Gasteiger partial charge >= 0.3 is 5.97 Å². The summed E-state index contributed by atoms with van der Waals surface area (Å²) in [6, 6.07) is 16.6. The third-order valence-corrected chi connectivity index (χ3v) is 5.47. The van der Waals surface area contributed by atoms with Gasteiger partial charge in [0.1, 0.15) is 11.7 Å². The van der Waals surface area contributed by atoms with Gasteiger partial charge in [0, 0.05) is 32.3 Å². The molecule has 6 heteroatoms. The summed E-state index contributed by atoms with van der Waals surface area (Å²) < 4.78 is 11.1. The molecule has 3 aromatic rings. The molecule has 2 atom stereocenters. The van der Waals surface area contributed by atoms with Gasteiger partial charge in [0.25, 0.3) is 0 Å². The van der Waals surface area contributed by atoms with Crippen molar-refractivity contribution in [3.8, 4) is 5.75 Å². The molecule has 1 heterocycles. The minimum absolute atomic E-state index is 0.140. The van der Waals surface area contributed by atoms with Crippen molar-refractivity contribution in [2.45, 2.75) is 12.8 Å². The molecule has 0 amide bonds. The monoisotopic (exact) mass is 413 g/mol. The summed E-state index contributed by atoms with van der Waals surface area (Å²) in [4.78, 5) is 12.7. The van der Waals surface area contributed by atoms with Gasteiger partial charge < -0.3 is 9.47 Å². The van der Waals surface area contributed by atoms with Gasteiger partial charge in [-0.05, 0) is 30.7 Å². The Labute approximate surface area is 172 Å².